The molecule has 0 radical (unpaired) electrons. The summed E-state index contributed by atoms with van der Waals surface area (Å²) in [5.74, 6) is -0.0518. The zero-order chi connectivity index (χ0) is 54.3. The molecule has 0 aliphatic heterocycles. The maximum absolute atomic E-state index is 12.4. The number of hydrogen-bond acceptors (Lipinski definition) is 5. The van der Waals surface area contributed by atoms with Gasteiger partial charge in [-0.2, -0.15) is 0 Å². The van der Waals surface area contributed by atoms with Crippen molar-refractivity contribution in [2.24, 2.45) is 0 Å². The molecule has 2 atom stereocenters. The number of allylic oxidation sites excluding steroid dienone is 5. The molecule has 0 aliphatic carbocycles. The van der Waals surface area contributed by atoms with Crippen LogP contribution >= 0.6 is 0 Å². The molecule has 0 aromatic heterocycles. The highest BCUT2D eigenvalue weighted by Gasteiger charge is 2.18. The predicted molar refractivity (Wildman–Crippen MR) is 329 cm³/mol. The molecule has 0 saturated carbocycles. The second-order valence-corrected chi connectivity index (χ2v) is 23.1. The van der Waals surface area contributed by atoms with E-state index in [-0.39, 0.29) is 18.5 Å². The molecule has 442 valence electrons. The molecule has 0 aliphatic rings. The Kier molecular flexibility index (Phi) is 63.0. The second kappa shape index (κ2) is 64.6. The van der Waals surface area contributed by atoms with Crippen molar-refractivity contribution in [3.05, 3.63) is 36.5 Å². The van der Waals surface area contributed by atoms with Gasteiger partial charge in [0.25, 0.3) is 0 Å². The number of rotatable bonds is 63. The van der Waals surface area contributed by atoms with Crippen molar-refractivity contribution in [1.29, 1.82) is 0 Å². The molecular weight excluding hydrogens is 923 g/mol. The van der Waals surface area contributed by atoms with Gasteiger partial charge in [0.05, 0.1) is 25.4 Å². The van der Waals surface area contributed by atoms with E-state index in [0.717, 1.165) is 38.5 Å². The fourth-order valence-electron chi connectivity index (χ4n) is 10.4. The summed E-state index contributed by atoms with van der Waals surface area (Å²) in [6.07, 6.45) is 82.3. The highest BCUT2D eigenvalue weighted by atomic mass is 16.5. The van der Waals surface area contributed by atoms with Crippen LogP contribution in [-0.4, -0.2) is 47.4 Å². The first-order valence-electron chi connectivity index (χ1n) is 33.8. The molecule has 6 nitrogen and oxygen atoms in total. The lowest BCUT2D eigenvalue weighted by molar-refractivity contribution is -0.143. The quantitative estimate of drug-likeness (QED) is 0.0320. The van der Waals surface area contributed by atoms with Gasteiger partial charge in [-0.3, -0.25) is 9.59 Å². The first-order chi connectivity index (χ1) is 37.0. The van der Waals surface area contributed by atoms with Gasteiger partial charge >= 0.3 is 5.97 Å². The number of nitrogens with one attached hydrogen (secondary N) is 1. The van der Waals surface area contributed by atoms with E-state index in [0.29, 0.717) is 19.4 Å². The van der Waals surface area contributed by atoms with Crippen LogP contribution in [0, 0.1) is 0 Å². The minimum Gasteiger partial charge on any atom is -0.466 e. The van der Waals surface area contributed by atoms with Gasteiger partial charge in [-0.15, -0.1) is 0 Å². The highest BCUT2D eigenvalue weighted by Crippen LogP contribution is 2.18. The monoisotopic (exact) mass is 1050 g/mol. The number of hydrogen-bond donors (Lipinski definition) is 3. The van der Waals surface area contributed by atoms with Crippen molar-refractivity contribution in [3.8, 4) is 0 Å². The van der Waals surface area contributed by atoms with Gasteiger partial charge in [0.2, 0.25) is 5.91 Å². The number of esters is 1. The third kappa shape index (κ3) is 61.2. The van der Waals surface area contributed by atoms with Gasteiger partial charge in [-0.1, -0.05) is 307 Å². The van der Waals surface area contributed by atoms with Gasteiger partial charge in [0.15, 0.2) is 0 Å². The number of amides is 1. The summed E-state index contributed by atoms with van der Waals surface area (Å²) in [5, 5.41) is 23.0. The molecular formula is C69H131NO5. The second-order valence-electron chi connectivity index (χ2n) is 23.1. The lowest BCUT2D eigenvalue weighted by atomic mass is 10.0. The Morgan fingerprint density at radius 1 is 0.360 bits per heavy atom. The molecule has 75 heavy (non-hydrogen) atoms. The Morgan fingerprint density at radius 2 is 0.627 bits per heavy atom. The Morgan fingerprint density at radius 3 is 0.947 bits per heavy atom. The van der Waals surface area contributed by atoms with E-state index >= 15 is 0 Å². The first kappa shape index (κ1) is 73.1. The zero-order valence-corrected chi connectivity index (χ0v) is 50.5. The standard InChI is InChI=1S/C69H131NO5/c1-3-5-7-9-11-13-14-15-16-17-30-34-37-40-43-47-51-55-59-63-69(74)75-64-60-56-52-48-44-41-38-35-32-29-27-25-23-21-19-18-20-22-24-26-28-31-33-36-39-42-46-50-54-58-62-68(73)70-66(65-71)67(72)61-57-53-49-45-12-10-8-6-4-2/h15-16,19,21,57,61,66-67,71-72H,3-14,17-18,20,22-56,58-60,62-65H2,1-2H3,(H,70,73)/b16-15-,21-19-,61-57+. The van der Waals surface area contributed by atoms with E-state index < -0.39 is 12.1 Å². The van der Waals surface area contributed by atoms with Crippen LogP contribution in [0.1, 0.15) is 367 Å². The van der Waals surface area contributed by atoms with Gasteiger partial charge in [0, 0.05) is 12.8 Å². The molecule has 0 heterocycles. The average Bonchev–Trinajstić information content (AvgIpc) is 3.41. The van der Waals surface area contributed by atoms with Crippen LogP contribution in [0.15, 0.2) is 36.5 Å². The average molecular weight is 1050 g/mol. The Bertz CT molecular complexity index is 1210. The number of ether oxygens (including phenoxy) is 1. The number of aliphatic hydroxyl groups is 2. The van der Waals surface area contributed by atoms with E-state index in [9.17, 15) is 19.8 Å². The zero-order valence-electron chi connectivity index (χ0n) is 50.5. The minimum atomic E-state index is -0.841. The van der Waals surface area contributed by atoms with Crippen molar-refractivity contribution >= 4 is 11.9 Å². The third-order valence-corrected chi connectivity index (χ3v) is 15.6. The summed E-state index contributed by atoms with van der Waals surface area (Å²) in [5.41, 5.74) is 0. The van der Waals surface area contributed by atoms with Crippen molar-refractivity contribution in [2.75, 3.05) is 13.2 Å². The van der Waals surface area contributed by atoms with E-state index in [2.05, 4.69) is 43.5 Å². The third-order valence-electron chi connectivity index (χ3n) is 15.6. The molecule has 0 spiro atoms. The molecule has 0 saturated heterocycles. The van der Waals surface area contributed by atoms with Crippen LogP contribution < -0.4 is 5.32 Å². The van der Waals surface area contributed by atoms with Gasteiger partial charge in [-0.25, -0.2) is 0 Å². The van der Waals surface area contributed by atoms with Crippen molar-refractivity contribution in [2.45, 2.75) is 379 Å². The van der Waals surface area contributed by atoms with Gasteiger partial charge in [-0.05, 0) is 83.5 Å². The van der Waals surface area contributed by atoms with E-state index in [1.165, 1.54) is 302 Å². The van der Waals surface area contributed by atoms with E-state index in [1.807, 2.05) is 6.08 Å². The molecule has 0 aromatic rings. The highest BCUT2D eigenvalue weighted by molar-refractivity contribution is 5.76. The Balaban J connectivity index is 3.33. The summed E-state index contributed by atoms with van der Waals surface area (Å²) >= 11 is 0. The molecule has 1 amide bonds. The Labute approximate surface area is 468 Å². The lowest BCUT2D eigenvalue weighted by Gasteiger charge is -2.20. The summed E-state index contributed by atoms with van der Waals surface area (Å²) in [6, 6.07) is -0.624. The maximum atomic E-state index is 12.4. The summed E-state index contributed by atoms with van der Waals surface area (Å²) in [6.45, 7) is 4.89. The lowest BCUT2D eigenvalue weighted by Crippen LogP contribution is -2.45. The number of carbonyl (C=O) groups excluding carboxylic acids is 2. The Hall–Kier alpha value is -1.92. The van der Waals surface area contributed by atoms with Crippen LogP contribution in [0.4, 0.5) is 0 Å². The molecule has 0 bridgehead atoms. The molecule has 2 unspecified atom stereocenters. The van der Waals surface area contributed by atoms with Crippen LogP contribution in [-0.2, 0) is 14.3 Å². The largest absolute Gasteiger partial charge is 0.466 e. The molecule has 0 fully saturated rings. The number of aliphatic hydroxyl groups excluding tert-OH is 2. The molecule has 0 aromatic carbocycles. The van der Waals surface area contributed by atoms with Gasteiger partial charge in [0.1, 0.15) is 0 Å². The SMILES string of the molecule is CCCCCCCC/C=C\CCCCCCCCCCCC(=O)OCCCCCCCCCCCCCC/C=C\CCCCCCCCCCCCCCCCC(=O)NC(CO)C(O)/C=C/CCCCCCCCC. The smallest absolute Gasteiger partial charge is 0.305 e. The predicted octanol–water partition coefficient (Wildman–Crippen LogP) is 21.5. The van der Waals surface area contributed by atoms with Crippen LogP contribution in [0.5, 0.6) is 0 Å². The molecule has 3 N–H and O–H groups in total. The molecule has 0 rings (SSSR count). The van der Waals surface area contributed by atoms with Crippen LogP contribution in [0.2, 0.25) is 0 Å². The minimum absolute atomic E-state index is 0.0165. The normalized spacial score (nSPS) is 12.7. The number of carbonyl (C=O) groups is 2. The maximum Gasteiger partial charge on any atom is 0.305 e. The fourth-order valence-corrected chi connectivity index (χ4v) is 10.4. The van der Waals surface area contributed by atoms with Crippen molar-refractivity contribution < 1.29 is 24.5 Å². The summed E-state index contributed by atoms with van der Waals surface area (Å²) < 4.78 is 5.51. The molecule has 6 heteroatoms. The topological polar surface area (TPSA) is 95.9 Å². The number of unbranched alkanes of at least 4 members (excludes halogenated alkanes) is 48. The fraction of sp³-hybridized carbons (Fsp3) is 0.884. The van der Waals surface area contributed by atoms with Crippen molar-refractivity contribution in [1.82, 2.24) is 5.32 Å². The van der Waals surface area contributed by atoms with Crippen molar-refractivity contribution in [3.63, 3.8) is 0 Å². The van der Waals surface area contributed by atoms with Crippen LogP contribution in [0.3, 0.4) is 0 Å². The van der Waals surface area contributed by atoms with Crippen LogP contribution in [0.25, 0.3) is 0 Å². The van der Waals surface area contributed by atoms with E-state index in [4.69, 9.17) is 4.74 Å². The van der Waals surface area contributed by atoms with E-state index in [1.54, 1.807) is 6.08 Å². The summed E-state index contributed by atoms with van der Waals surface area (Å²) in [7, 11) is 0. The summed E-state index contributed by atoms with van der Waals surface area (Å²) in [4.78, 5) is 24.5. The van der Waals surface area contributed by atoms with Gasteiger partial charge < -0.3 is 20.3 Å². The first-order valence-corrected chi connectivity index (χ1v) is 33.8.